The average Bonchev–Trinajstić information content (AvgIpc) is 2.85. The van der Waals surface area contributed by atoms with Crippen molar-refractivity contribution in [2.45, 2.75) is 52.1 Å². The zero-order valence-corrected chi connectivity index (χ0v) is 21.6. The molecule has 0 amide bonds. The summed E-state index contributed by atoms with van der Waals surface area (Å²) >= 11 is 0. The second kappa shape index (κ2) is 12.0. The largest absolute Gasteiger partial charge is 0.390 e. The molecule has 1 fully saturated rings. The molecule has 190 valence electrons. The highest BCUT2D eigenvalue weighted by Gasteiger charge is 2.19. The number of nitrogens with one attached hydrogen (secondary N) is 4. The van der Waals surface area contributed by atoms with Gasteiger partial charge in [-0.2, -0.15) is 5.10 Å². The molecule has 1 aliphatic rings. The second-order valence-corrected chi connectivity index (χ2v) is 9.89. The maximum Gasteiger partial charge on any atom is 0.154 e. The van der Waals surface area contributed by atoms with E-state index in [0.29, 0.717) is 29.6 Å². The normalized spacial score (nSPS) is 19.0. The molecule has 0 bridgehead atoms. The molecule has 1 saturated heterocycles. The molecule has 0 aliphatic carbocycles. The van der Waals surface area contributed by atoms with E-state index < -0.39 is 0 Å². The predicted octanol–water partition coefficient (Wildman–Crippen LogP) is 3.94. The van der Waals surface area contributed by atoms with Gasteiger partial charge < -0.3 is 26.3 Å². The minimum Gasteiger partial charge on any atom is -0.390 e. The molecule has 4 rings (SSSR count). The van der Waals surface area contributed by atoms with Crippen molar-refractivity contribution in [3.63, 3.8) is 0 Å². The molecule has 0 aromatic carbocycles. The molecule has 9 heteroatoms. The van der Waals surface area contributed by atoms with Crippen molar-refractivity contribution in [3.05, 3.63) is 54.0 Å². The SMILES string of the molecule is CC(C)c1cnnc(Nc2ccc3ncc(/C(C=N)=C/NCCCN4C[C@@H](C)N[C@@H](C)C4)cc3n2)c1. The number of nitrogens with zero attached hydrogens (tertiary/aromatic N) is 5. The summed E-state index contributed by atoms with van der Waals surface area (Å²) in [6.07, 6.45) is 7.87. The number of rotatable bonds is 10. The van der Waals surface area contributed by atoms with E-state index in [4.69, 9.17) is 10.4 Å². The number of piperazine rings is 1. The van der Waals surface area contributed by atoms with E-state index in [-0.39, 0.29) is 0 Å². The Labute approximate surface area is 213 Å². The van der Waals surface area contributed by atoms with Crippen LogP contribution < -0.4 is 16.0 Å². The van der Waals surface area contributed by atoms with Crippen LogP contribution in [0.15, 0.2) is 42.9 Å². The molecule has 1 aliphatic heterocycles. The minimum absolute atomic E-state index is 0.367. The first-order valence-electron chi connectivity index (χ1n) is 12.7. The number of pyridine rings is 2. The van der Waals surface area contributed by atoms with E-state index in [1.807, 2.05) is 30.5 Å². The van der Waals surface area contributed by atoms with Crippen LogP contribution in [-0.4, -0.2) is 69.5 Å². The van der Waals surface area contributed by atoms with Crippen molar-refractivity contribution >= 4 is 34.5 Å². The van der Waals surface area contributed by atoms with Gasteiger partial charge in [-0.1, -0.05) is 13.8 Å². The number of aromatic nitrogens is 4. The molecule has 0 saturated carbocycles. The van der Waals surface area contributed by atoms with Crippen molar-refractivity contribution in [1.82, 2.24) is 35.7 Å². The number of hydrogen-bond acceptors (Lipinski definition) is 9. The van der Waals surface area contributed by atoms with Gasteiger partial charge in [0.2, 0.25) is 0 Å². The van der Waals surface area contributed by atoms with Gasteiger partial charge >= 0.3 is 0 Å². The van der Waals surface area contributed by atoms with Gasteiger partial charge in [-0.15, -0.1) is 5.10 Å². The fraction of sp³-hybridized carbons (Fsp3) is 0.444. The van der Waals surface area contributed by atoms with E-state index in [0.717, 1.165) is 60.3 Å². The van der Waals surface area contributed by atoms with Crippen LogP contribution in [0.2, 0.25) is 0 Å². The van der Waals surface area contributed by atoms with Crippen LogP contribution in [0.5, 0.6) is 0 Å². The summed E-state index contributed by atoms with van der Waals surface area (Å²) in [6.45, 7) is 12.8. The van der Waals surface area contributed by atoms with Gasteiger partial charge in [-0.05, 0) is 62.6 Å². The summed E-state index contributed by atoms with van der Waals surface area (Å²) in [5.74, 6) is 1.70. The first-order chi connectivity index (χ1) is 17.4. The molecule has 4 N–H and O–H groups in total. The molecule has 36 heavy (non-hydrogen) atoms. The lowest BCUT2D eigenvalue weighted by Gasteiger charge is -2.36. The third kappa shape index (κ3) is 6.83. The topological polar surface area (TPSA) is 115 Å². The molecular formula is C27H37N9. The van der Waals surface area contributed by atoms with E-state index in [1.54, 1.807) is 12.4 Å². The minimum atomic E-state index is 0.367. The Morgan fingerprint density at radius 2 is 1.94 bits per heavy atom. The summed E-state index contributed by atoms with van der Waals surface area (Å²) < 4.78 is 0. The van der Waals surface area contributed by atoms with Gasteiger partial charge in [-0.3, -0.25) is 4.98 Å². The number of hydrogen-bond donors (Lipinski definition) is 4. The highest BCUT2D eigenvalue weighted by atomic mass is 15.2. The van der Waals surface area contributed by atoms with Crippen molar-refractivity contribution < 1.29 is 0 Å². The Hall–Kier alpha value is -3.43. The fourth-order valence-corrected chi connectivity index (χ4v) is 4.54. The maximum absolute atomic E-state index is 7.91. The van der Waals surface area contributed by atoms with Crippen LogP contribution in [-0.2, 0) is 0 Å². The van der Waals surface area contributed by atoms with Gasteiger partial charge in [0.15, 0.2) is 5.82 Å². The third-order valence-corrected chi connectivity index (χ3v) is 6.31. The van der Waals surface area contributed by atoms with Gasteiger partial charge in [-0.25, -0.2) is 4.98 Å². The maximum atomic E-state index is 7.91. The molecule has 0 unspecified atom stereocenters. The van der Waals surface area contributed by atoms with Gasteiger partial charge in [0.25, 0.3) is 0 Å². The van der Waals surface area contributed by atoms with E-state index >= 15 is 0 Å². The standard InChI is InChI=1S/C27H37N9/c1-18(2)21-11-27(35-31-15-21)34-26-7-6-24-25(33-26)10-22(14-30-24)23(12-28)13-29-8-5-9-36-16-19(3)32-20(4)17-36/h6-7,10-15,18-20,28-29,32H,5,8-9,16-17H2,1-4H3,(H,33,34,35)/b23-13+,28-12?/t19-,20+. The first kappa shape index (κ1) is 25.7. The Morgan fingerprint density at radius 1 is 1.14 bits per heavy atom. The van der Waals surface area contributed by atoms with Crippen molar-refractivity contribution in [2.24, 2.45) is 0 Å². The molecule has 2 atom stereocenters. The quantitative estimate of drug-likeness (QED) is 0.251. The smallest absolute Gasteiger partial charge is 0.154 e. The summed E-state index contributed by atoms with van der Waals surface area (Å²) in [7, 11) is 0. The van der Waals surface area contributed by atoms with Crippen molar-refractivity contribution in [1.29, 1.82) is 5.41 Å². The highest BCUT2D eigenvalue weighted by Crippen LogP contribution is 2.21. The average molecular weight is 488 g/mol. The van der Waals surface area contributed by atoms with E-state index in [2.05, 4.69) is 63.7 Å². The van der Waals surface area contributed by atoms with Crippen LogP contribution in [0.4, 0.5) is 11.6 Å². The lowest BCUT2D eigenvalue weighted by atomic mass is 10.1. The zero-order valence-electron chi connectivity index (χ0n) is 21.6. The monoisotopic (exact) mass is 487 g/mol. The Morgan fingerprint density at radius 3 is 2.69 bits per heavy atom. The number of fused-ring (bicyclic) bond motifs is 1. The second-order valence-electron chi connectivity index (χ2n) is 9.89. The van der Waals surface area contributed by atoms with Crippen LogP contribution in [0.3, 0.4) is 0 Å². The van der Waals surface area contributed by atoms with Gasteiger partial charge in [0.05, 0.1) is 17.2 Å². The van der Waals surface area contributed by atoms with E-state index in [9.17, 15) is 0 Å². The van der Waals surface area contributed by atoms with Crippen molar-refractivity contribution in [2.75, 3.05) is 31.5 Å². The zero-order chi connectivity index (χ0) is 25.5. The Balaban J connectivity index is 1.39. The summed E-state index contributed by atoms with van der Waals surface area (Å²) in [5, 5.41) is 26.4. The molecule has 0 spiro atoms. The number of anilines is 2. The molecule has 4 heterocycles. The number of allylic oxidation sites excluding steroid dienone is 1. The third-order valence-electron chi connectivity index (χ3n) is 6.31. The van der Waals surface area contributed by atoms with Gasteiger partial charge in [0, 0.05) is 61.5 Å². The summed E-state index contributed by atoms with van der Waals surface area (Å²) in [5.41, 5.74) is 4.27. The first-order valence-corrected chi connectivity index (χ1v) is 12.7. The van der Waals surface area contributed by atoms with Crippen molar-refractivity contribution in [3.8, 4) is 0 Å². The molecule has 0 radical (unpaired) electrons. The van der Waals surface area contributed by atoms with Crippen LogP contribution in [0, 0.1) is 5.41 Å². The summed E-state index contributed by atoms with van der Waals surface area (Å²) in [6, 6.07) is 8.84. The lowest BCUT2D eigenvalue weighted by Crippen LogP contribution is -2.54. The van der Waals surface area contributed by atoms with Gasteiger partial charge in [0.1, 0.15) is 5.82 Å². The van der Waals surface area contributed by atoms with E-state index in [1.165, 1.54) is 6.21 Å². The molecule has 3 aromatic heterocycles. The Kier molecular flexibility index (Phi) is 8.56. The lowest BCUT2D eigenvalue weighted by molar-refractivity contribution is 0.172. The van der Waals surface area contributed by atoms with Crippen LogP contribution in [0.25, 0.3) is 16.6 Å². The summed E-state index contributed by atoms with van der Waals surface area (Å²) in [4.78, 5) is 11.8. The van der Waals surface area contributed by atoms with Crippen LogP contribution in [0.1, 0.15) is 51.2 Å². The molecular weight excluding hydrogens is 450 g/mol. The van der Waals surface area contributed by atoms with Crippen LogP contribution >= 0.6 is 0 Å². The molecule has 9 nitrogen and oxygen atoms in total. The molecule has 3 aromatic rings. The predicted molar refractivity (Wildman–Crippen MR) is 147 cm³/mol. The highest BCUT2D eigenvalue weighted by molar-refractivity contribution is 6.08. The Bertz CT molecular complexity index is 1200. The fourth-order valence-electron chi connectivity index (χ4n) is 4.54.